The number of aromatic hydroxyl groups is 1. The normalized spacial score (nSPS) is 22.9. The molecule has 0 fully saturated rings. The number of carbonyl (C=O) groups is 2. The molecule has 0 aromatic heterocycles. The molecule has 3 atom stereocenters. The summed E-state index contributed by atoms with van der Waals surface area (Å²) in [7, 11) is 0. The van der Waals surface area contributed by atoms with E-state index >= 15 is 0 Å². The van der Waals surface area contributed by atoms with Gasteiger partial charge in [0.05, 0.1) is 17.9 Å². The van der Waals surface area contributed by atoms with Crippen molar-refractivity contribution in [2.75, 3.05) is 0 Å². The van der Waals surface area contributed by atoms with Crippen molar-refractivity contribution < 1.29 is 29.3 Å². The second-order valence-electron chi connectivity index (χ2n) is 8.66. The van der Waals surface area contributed by atoms with E-state index in [2.05, 4.69) is 0 Å². The highest BCUT2D eigenvalue weighted by molar-refractivity contribution is 6.06. The molecule has 2 N–H and O–H groups in total. The van der Waals surface area contributed by atoms with Crippen molar-refractivity contribution in [3.05, 3.63) is 22.8 Å². The topological polar surface area (TPSA) is 93.1 Å². The van der Waals surface area contributed by atoms with Gasteiger partial charge in [-0.2, -0.15) is 0 Å². The van der Waals surface area contributed by atoms with Gasteiger partial charge in [0.15, 0.2) is 5.78 Å². The number of hydrogen-bond acceptors (Lipinski definition) is 5. The molecule has 2 aliphatic heterocycles. The summed E-state index contributed by atoms with van der Waals surface area (Å²) < 4.78 is 12.3. The van der Waals surface area contributed by atoms with Crippen LogP contribution in [0.2, 0.25) is 0 Å². The van der Waals surface area contributed by atoms with E-state index in [1.807, 2.05) is 33.8 Å². The second-order valence-corrected chi connectivity index (χ2v) is 8.66. The summed E-state index contributed by atoms with van der Waals surface area (Å²) >= 11 is 0. The van der Waals surface area contributed by atoms with Crippen LogP contribution in [0.5, 0.6) is 17.2 Å². The maximum atomic E-state index is 13.1. The molecule has 2 aliphatic rings. The molecule has 0 saturated heterocycles. The third kappa shape index (κ3) is 3.85. The molecule has 1 aromatic rings. The van der Waals surface area contributed by atoms with Gasteiger partial charge in [0.2, 0.25) is 0 Å². The maximum Gasteiger partial charge on any atom is 0.303 e. The van der Waals surface area contributed by atoms with Gasteiger partial charge < -0.3 is 19.7 Å². The molecule has 0 radical (unpaired) electrons. The summed E-state index contributed by atoms with van der Waals surface area (Å²) in [4.78, 5) is 24.7. The third-order valence-electron chi connectivity index (χ3n) is 5.87. The van der Waals surface area contributed by atoms with Gasteiger partial charge in [0.1, 0.15) is 34.5 Å². The van der Waals surface area contributed by atoms with E-state index < -0.39 is 17.5 Å². The number of ketones is 1. The van der Waals surface area contributed by atoms with Gasteiger partial charge in [0.25, 0.3) is 0 Å². The van der Waals surface area contributed by atoms with Gasteiger partial charge in [0, 0.05) is 11.5 Å². The van der Waals surface area contributed by atoms with E-state index in [1.54, 1.807) is 13.0 Å². The lowest BCUT2D eigenvalue weighted by Crippen LogP contribution is -2.36. The fourth-order valence-electron chi connectivity index (χ4n) is 4.04. The standard InChI is InChI=1S/C23H30O6/c1-6-7-8-14(11-16(24)25)17-21-15(9-10-23(4,5)29-21)20(27)18-19(26)12(2)13(3)28-22(17)18/h9-10,12-14,27H,6-8,11H2,1-5H3,(H,24,25)/t12-,13-,14+/m1/s1. The van der Waals surface area contributed by atoms with E-state index in [0.29, 0.717) is 23.3 Å². The first-order valence-electron chi connectivity index (χ1n) is 10.3. The Kier molecular flexibility index (Phi) is 5.65. The number of ether oxygens (including phenoxy) is 2. The summed E-state index contributed by atoms with van der Waals surface area (Å²) in [5.74, 6) is -1.35. The molecule has 6 heteroatoms. The number of Topliss-reactive ketones (excluding diaryl/α,β-unsaturated/α-hetero) is 1. The van der Waals surface area contributed by atoms with Crippen molar-refractivity contribution >= 4 is 17.8 Å². The Labute approximate surface area is 171 Å². The zero-order valence-corrected chi connectivity index (χ0v) is 17.7. The van der Waals surface area contributed by atoms with Crippen molar-refractivity contribution in [3.63, 3.8) is 0 Å². The van der Waals surface area contributed by atoms with Gasteiger partial charge in [-0.1, -0.05) is 26.7 Å². The minimum atomic E-state index is -0.921. The number of rotatable bonds is 6. The Morgan fingerprint density at radius 3 is 2.59 bits per heavy atom. The molecule has 0 unspecified atom stereocenters. The van der Waals surface area contributed by atoms with Crippen LogP contribution in [0.4, 0.5) is 0 Å². The molecule has 0 amide bonds. The molecular weight excluding hydrogens is 372 g/mol. The summed E-state index contributed by atoms with van der Waals surface area (Å²) in [6, 6.07) is 0. The van der Waals surface area contributed by atoms with E-state index in [0.717, 1.165) is 12.8 Å². The average Bonchev–Trinajstić information content (AvgIpc) is 2.62. The lowest BCUT2D eigenvalue weighted by atomic mass is 9.81. The molecule has 0 aliphatic carbocycles. The van der Waals surface area contributed by atoms with E-state index in [9.17, 15) is 19.8 Å². The molecular formula is C23H30O6. The molecule has 3 rings (SSSR count). The number of phenols is 1. The summed E-state index contributed by atoms with van der Waals surface area (Å²) in [6.07, 6.45) is 5.48. The van der Waals surface area contributed by atoms with Crippen LogP contribution in [0, 0.1) is 5.92 Å². The van der Waals surface area contributed by atoms with Gasteiger partial charge in [-0.25, -0.2) is 0 Å². The summed E-state index contributed by atoms with van der Waals surface area (Å²) in [5.41, 5.74) is 0.527. The van der Waals surface area contributed by atoms with Crippen LogP contribution in [0.1, 0.15) is 87.7 Å². The van der Waals surface area contributed by atoms with Gasteiger partial charge in [-0.15, -0.1) is 0 Å². The number of phenolic OH excluding ortho intramolecular Hbond substituents is 1. The lowest BCUT2D eigenvalue weighted by Gasteiger charge is -2.37. The molecule has 6 nitrogen and oxygen atoms in total. The molecule has 0 bridgehead atoms. The molecule has 29 heavy (non-hydrogen) atoms. The average molecular weight is 402 g/mol. The Balaban J connectivity index is 2.31. The summed E-state index contributed by atoms with van der Waals surface area (Å²) in [6.45, 7) is 9.42. The van der Waals surface area contributed by atoms with Crippen molar-refractivity contribution in [3.8, 4) is 17.2 Å². The minimum Gasteiger partial charge on any atom is -0.506 e. The van der Waals surface area contributed by atoms with Crippen LogP contribution in [-0.2, 0) is 4.79 Å². The maximum absolute atomic E-state index is 13.1. The van der Waals surface area contributed by atoms with Crippen LogP contribution in [0.15, 0.2) is 6.08 Å². The highest BCUT2D eigenvalue weighted by Crippen LogP contribution is 2.53. The van der Waals surface area contributed by atoms with Crippen molar-refractivity contribution in [1.82, 2.24) is 0 Å². The predicted molar refractivity (Wildman–Crippen MR) is 110 cm³/mol. The Bertz CT molecular complexity index is 867. The van der Waals surface area contributed by atoms with E-state index in [1.165, 1.54) is 0 Å². The Hall–Kier alpha value is -2.50. The number of hydrogen-bond donors (Lipinski definition) is 2. The van der Waals surface area contributed by atoms with Crippen LogP contribution in [0.3, 0.4) is 0 Å². The number of aliphatic carboxylic acids is 1. The zero-order chi connectivity index (χ0) is 21.5. The van der Waals surface area contributed by atoms with Crippen molar-refractivity contribution in [2.45, 2.75) is 77.9 Å². The smallest absolute Gasteiger partial charge is 0.303 e. The fourth-order valence-corrected chi connectivity index (χ4v) is 4.04. The SMILES string of the molecule is CCCC[C@@H](CC(=O)O)c1c2c(c(O)c3c1O[C@H](C)[C@@H](C)C3=O)C=CC(C)(C)O2. The molecule has 0 spiro atoms. The van der Waals surface area contributed by atoms with Crippen LogP contribution < -0.4 is 9.47 Å². The third-order valence-corrected chi connectivity index (χ3v) is 5.87. The van der Waals surface area contributed by atoms with Crippen LogP contribution >= 0.6 is 0 Å². The molecule has 1 aromatic carbocycles. The Morgan fingerprint density at radius 1 is 1.28 bits per heavy atom. The molecule has 158 valence electrons. The predicted octanol–water partition coefficient (Wildman–Crippen LogP) is 4.92. The highest BCUT2D eigenvalue weighted by atomic mass is 16.5. The minimum absolute atomic E-state index is 0.0986. The van der Waals surface area contributed by atoms with Crippen LogP contribution in [-0.4, -0.2) is 33.7 Å². The van der Waals surface area contributed by atoms with Crippen molar-refractivity contribution in [1.29, 1.82) is 0 Å². The quantitative estimate of drug-likeness (QED) is 0.701. The first kappa shape index (κ1) is 21.2. The number of fused-ring (bicyclic) bond motifs is 2. The number of carboxylic acids is 1. The van der Waals surface area contributed by atoms with E-state index in [4.69, 9.17) is 9.47 Å². The number of unbranched alkanes of at least 4 members (excludes halogenated alkanes) is 1. The largest absolute Gasteiger partial charge is 0.506 e. The van der Waals surface area contributed by atoms with Gasteiger partial charge >= 0.3 is 5.97 Å². The monoisotopic (exact) mass is 402 g/mol. The van der Waals surface area contributed by atoms with Gasteiger partial charge in [-0.3, -0.25) is 9.59 Å². The van der Waals surface area contributed by atoms with Crippen LogP contribution in [0.25, 0.3) is 6.08 Å². The fraction of sp³-hybridized carbons (Fsp3) is 0.565. The number of carboxylic acid groups (broad SMARTS) is 1. The molecule has 2 heterocycles. The highest BCUT2D eigenvalue weighted by Gasteiger charge is 2.41. The first-order chi connectivity index (χ1) is 13.6. The lowest BCUT2D eigenvalue weighted by molar-refractivity contribution is -0.137. The second kappa shape index (κ2) is 7.73. The Morgan fingerprint density at radius 2 is 1.97 bits per heavy atom. The summed E-state index contributed by atoms with van der Waals surface area (Å²) in [5, 5.41) is 20.5. The molecule has 0 saturated carbocycles. The number of carbonyl (C=O) groups excluding carboxylic acids is 1. The number of benzene rings is 1. The van der Waals surface area contributed by atoms with Crippen molar-refractivity contribution in [2.24, 2.45) is 5.92 Å². The zero-order valence-electron chi connectivity index (χ0n) is 17.7. The van der Waals surface area contributed by atoms with Gasteiger partial charge in [-0.05, 0) is 39.3 Å². The van der Waals surface area contributed by atoms with E-state index in [-0.39, 0.29) is 41.3 Å². The first-order valence-corrected chi connectivity index (χ1v) is 10.3.